The van der Waals surface area contributed by atoms with E-state index in [1.165, 1.54) is 5.69 Å². The number of nitrogens with zero attached hydrogens (tertiary/aromatic N) is 3. The van der Waals surface area contributed by atoms with Gasteiger partial charge in [0.25, 0.3) is 5.91 Å². The summed E-state index contributed by atoms with van der Waals surface area (Å²) in [5.41, 5.74) is 4.30. The summed E-state index contributed by atoms with van der Waals surface area (Å²) in [5.74, 6) is 0.374. The number of anilines is 2. The molecule has 0 bridgehead atoms. The molecule has 0 aliphatic carbocycles. The van der Waals surface area contributed by atoms with Crippen LogP contribution in [0.15, 0.2) is 48.5 Å². The Morgan fingerprint density at radius 2 is 1.97 bits per heavy atom. The quantitative estimate of drug-likeness (QED) is 0.697. The van der Waals surface area contributed by atoms with Gasteiger partial charge in [-0.3, -0.25) is 14.7 Å². The van der Waals surface area contributed by atoms with Crippen molar-refractivity contribution in [1.29, 1.82) is 0 Å². The van der Waals surface area contributed by atoms with Crippen molar-refractivity contribution in [3.8, 4) is 5.75 Å². The Bertz CT molecular complexity index is 1130. The number of piperazine rings is 1. The van der Waals surface area contributed by atoms with Crippen LogP contribution in [0.3, 0.4) is 0 Å². The molecule has 2 aliphatic rings. The van der Waals surface area contributed by atoms with Gasteiger partial charge in [0.15, 0.2) is 6.61 Å². The summed E-state index contributed by atoms with van der Waals surface area (Å²) in [6.07, 6.45) is -1.12. The number of pyridine rings is 1. The Balaban J connectivity index is 1.23. The standard InChI is InChI=1S/C24H25FN4O2/c1-16-5-7-18-20(26-16)3-2-4-22(18)29-11-9-28(10-12-29)14-19(25)17-6-8-23-21(13-17)27-24(30)15-31-23/h2-8,13,19H,9-12,14-15H2,1H3,(H,27,30). The number of ether oxygens (including phenoxy) is 1. The van der Waals surface area contributed by atoms with Crippen molar-refractivity contribution in [2.75, 3.05) is 49.5 Å². The van der Waals surface area contributed by atoms with Gasteiger partial charge in [0.05, 0.1) is 11.2 Å². The highest BCUT2D eigenvalue weighted by atomic mass is 19.1. The second kappa shape index (κ2) is 8.15. The molecule has 1 unspecified atom stereocenters. The second-order valence-corrected chi connectivity index (χ2v) is 8.14. The minimum Gasteiger partial charge on any atom is -0.482 e. The molecule has 160 valence electrons. The number of carbonyl (C=O) groups is 1. The zero-order valence-corrected chi connectivity index (χ0v) is 17.5. The summed E-state index contributed by atoms with van der Waals surface area (Å²) in [7, 11) is 0. The molecule has 7 heteroatoms. The number of aryl methyl sites for hydroxylation is 1. The van der Waals surface area contributed by atoms with Crippen molar-refractivity contribution in [2.45, 2.75) is 13.1 Å². The summed E-state index contributed by atoms with van der Waals surface area (Å²) in [6.45, 7) is 5.60. The molecule has 5 rings (SSSR count). The molecule has 0 saturated carbocycles. The maximum absolute atomic E-state index is 15.0. The van der Waals surface area contributed by atoms with E-state index in [1.54, 1.807) is 18.2 Å². The first-order valence-corrected chi connectivity index (χ1v) is 10.6. The molecule has 6 nitrogen and oxygen atoms in total. The second-order valence-electron chi connectivity index (χ2n) is 8.14. The number of aromatic nitrogens is 1. The number of alkyl halides is 1. The van der Waals surface area contributed by atoms with Crippen LogP contribution < -0.4 is 15.0 Å². The van der Waals surface area contributed by atoms with Crippen LogP contribution >= 0.6 is 0 Å². The molecule has 2 aromatic carbocycles. The summed E-state index contributed by atoms with van der Waals surface area (Å²) >= 11 is 0. The molecule has 3 aromatic rings. The van der Waals surface area contributed by atoms with Gasteiger partial charge in [0, 0.05) is 49.5 Å². The molecular formula is C24H25FN4O2. The summed E-state index contributed by atoms with van der Waals surface area (Å²) in [6, 6.07) is 15.5. The number of rotatable bonds is 4. The number of fused-ring (bicyclic) bond motifs is 2. The zero-order valence-electron chi connectivity index (χ0n) is 17.5. The van der Waals surface area contributed by atoms with Gasteiger partial charge in [-0.1, -0.05) is 12.1 Å². The van der Waals surface area contributed by atoms with E-state index in [-0.39, 0.29) is 12.5 Å². The highest BCUT2D eigenvalue weighted by molar-refractivity contribution is 5.95. The lowest BCUT2D eigenvalue weighted by Gasteiger charge is -2.37. The van der Waals surface area contributed by atoms with Crippen molar-refractivity contribution in [2.24, 2.45) is 0 Å². The van der Waals surface area contributed by atoms with E-state index < -0.39 is 6.17 Å². The third kappa shape index (κ3) is 4.05. The molecular weight excluding hydrogens is 395 g/mol. The average molecular weight is 420 g/mol. The molecule has 1 fully saturated rings. The number of hydrogen-bond acceptors (Lipinski definition) is 5. The average Bonchev–Trinajstić information content (AvgIpc) is 2.78. The summed E-state index contributed by atoms with van der Waals surface area (Å²) < 4.78 is 20.4. The van der Waals surface area contributed by atoms with Crippen molar-refractivity contribution in [3.63, 3.8) is 0 Å². The number of nitrogens with one attached hydrogen (secondary N) is 1. The van der Waals surface area contributed by atoms with E-state index in [2.05, 4.69) is 32.2 Å². The predicted molar refractivity (Wildman–Crippen MR) is 120 cm³/mol. The first-order chi connectivity index (χ1) is 15.1. The SMILES string of the molecule is Cc1ccc2c(N3CCN(CC(F)c4ccc5c(c4)NC(=O)CO5)CC3)cccc2n1. The van der Waals surface area contributed by atoms with Crippen LogP contribution in [0.1, 0.15) is 17.4 Å². The highest BCUT2D eigenvalue weighted by Gasteiger charge is 2.24. The van der Waals surface area contributed by atoms with Crippen LogP contribution in [0, 0.1) is 6.92 Å². The third-order valence-electron chi connectivity index (χ3n) is 5.98. The Morgan fingerprint density at radius 3 is 2.81 bits per heavy atom. The molecule has 0 spiro atoms. The van der Waals surface area contributed by atoms with Gasteiger partial charge in [-0.15, -0.1) is 0 Å². The molecule has 1 aromatic heterocycles. The van der Waals surface area contributed by atoms with Crippen LogP contribution in [-0.4, -0.2) is 55.1 Å². The molecule has 3 heterocycles. The number of halogens is 1. The fourth-order valence-electron chi connectivity index (χ4n) is 4.32. The summed E-state index contributed by atoms with van der Waals surface area (Å²) in [4.78, 5) is 20.7. The minimum absolute atomic E-state index is 0.00203. The van der Waals surface area contributed by atoms with Crippen LogP contribution in [-0.2, 0) is 4.79 Å². The number of amides is 1. The molecule has 2 aliphatic heterocycles. The van der Waals surface area contributed by atoms with Crippen molar-refractivity contribution in [1.82, 2.24) is 9.88 Å². The highest BCUT2D eigenvalue weighted by Crippen LogP contribution is 2.32. The monoisotopic (exact) mass is 420 g/mol. The lowest BCUT2D eigenvalue weighted by atomic mass is 10.1. The van der Waals surface area contributed by atoms with Gasteiger partial charge in [-0.05, 0) is 48.9 Å². The van der Waals surface area contributed by atoms with Gasteiger partial charge in [-0.25, -0.2) is 4.39 Å². The largest absolute Gasteiger partial charge is 0.482 e. The Labute approximate surface area is 180 Å². The van der Waals surface area contributed by atoms with E-state index in [9.17, 15) is 4.79 Å². The van der Waals surface area contributed by atoms with Crippen LogP contribution in [0.5, 0.6) is 5.75 Å². The minimum atomic E-state index is -1.12. The molecule has 1 saturated heterocycles. The first-order valence-electron chi connectivity index (χ1n) is 10.6. The molecule has 1 N–H and O–H groups in total. The maximum Gasteiger partial charge on any atom is 0.262 e. The normalized spacial score (nSPS) is 17.7. The van der Waals surface area contributed by atoms with Crippen LogP contribution in [0.4, 0.5) is 15.8 Å². The Morgan fingerprint density at radius 1 is 1.13 bits per heavy atom. The van der Waals surface area contributed by atoms with E-state index in [1.807, 2.05) is 25.1 Å². The van der Waals surface area contributed by atoms with Crippen LogP contribution in [0.2, 0.25) is 0 Å². The van der Waals surface area contributed by atoms with Crippen molar-refractivity contribution in [3.05, 3.63) is 59.8 Å². The zero-order chi connectivity index (χ0) is 21.4. The van der Waals surface area contributed by atoms with Gasteiger partial charge in [-0.2, -0.15) is 0 Å². The number of hydrogen-bond donors (Lipinski definition) is 1. The lowest BCUT2D eigenvalue weighted by Crippen LogP contribution is -2.47. The Hall–Kier alpha value is -3.19. The van der Waals surface area contributed by atoms with Gasteiger partial charge >= 0.3 is 0 Å². The smallest absolute Gasteiger partial charge is 0.262 e. The molecule has 0 radical (unpaired) electrons. The fourth-order valence-corrected chi connectivity index (χ4v) is 4.32. The van der Waals surface area contributed by atoms with E-state index >= 15 is 4.39 Å². The van der Waals surface area contributed by atoms with Crippen LogP contribution in [0.25, 0.3) is 10.9 Å². The topological polar surface area (TPSA) is 57.7 Å². The third-order valence-corrected chi connectivity index (χ3v) is 5.98. The fraction of sp³-hybridized carbons (Fsp3) is 0.333. The van der Waals surface area contributed by atoms with Gasteiger partial charge < -0.3 is 15.0 Å². The van der Waals surface area contributed by atoms with Crippen molar-refractivity contribution >= 4 is 28.2 Å². The van der Waals surface area contributed by atoms with E-state index in [0.717, 1.165) is 42.8 Å². The summed E-state index contributed by atoms with van der Waals surface area (Å²) in [5, 5.41) is 3.90. The van der Waals surface area contributed by atoms with Gasteiger partial charge in [0.1, 0.15) is 11.9 Å². The Kier molecular flexibility index (Phi) is 5.19. The molecule has 31 heavy (non-hydrogen) atoms. The molecule has 1 amide bonds. The number of carbonyl (C=O) groups excluding carboxylic acids is 1. The van der Waals surface area contributed by atoms with E-state index in [4.69, 9.17) is 4.74 Å². The maximum atomic E-state index is 15.0. The first kappa shape index (κ1) is 19.8. The van der Waals surface area contributed by atoms with Gasteiger partial charge in [0.2, 0.25) is 0 Å². The lowest BCUT2D eigenvalue weighted by molar-refractivity contribution is -0.118. The predicted octanol–water partition coefficient (Wildman–Crippen LogP) is 3.71. The number of benzene rings is 2. The van der Waals surface area contributed by atoms with E-state index in [0.29, 0.717) is 23.5 Å². The van der Waals surface area contributed by atoms with Crippen molar-refractivity contribution < 1.29 is 13.9 Å². The molecule has 1 atom stereocenters.